The summed E-state index contributed by atoms with van der Waals surface area (Å²) in [5.74, 6) is 0.167. The van der Waals surface area contributed by atoms with E-state index in [0.717, 1.165) is 24.2 Å². The summed E-state index contributed by atoms with van der Waals surface area (Å²) in [5, 5.41) is 4.11. The molecular weight excluding hydrogens is 387 g/mol. The Morgan fingerprint density at radius 2 is 1.97 bits per heavy atom. The van der Waals surface area contributed by atoms with E-state index in [1.807, 2.05) is 18.2 Å². The maximum absolute atomic E-state index is 13.4. The molecule has 1 unspecified atom stereocenters. The van der Waals surface area contributed by atoms with Crippen LogP contribution in [0.4, 0.5) is 9.39 Å². The molecule has 4 nitrogen and oxygen atoms in total. The van der Waals surface area contributed by atoms with Gasteiger partial charge in [0.05, 0.1) is 18.7 Å². The zero-order chi connectivity index (χ0) is 20.4. The van der Waals surface area contributed by atoms with E-state index in [-0.39, 0.29) is 17.2 Å². The number of nitrogens with one attached hydrogen (secondary N) is 2. The predicted molar refractivity (Wildman–Crippen MR) is 116 cm³/mol. The molecule has 0 bridgehead atoms. The standard InChI is InChI=1S/C23H23FN2O2S/c1-15-5-4-12-26(13-15)14-20(27)25-23-21(16-8-10-17(24)11-9-16)22(28)18-6-2-3-7-19(18)29-23/h2-3,6-11,15H,4-5,12-14H2,1H3,(H,25,27)/p+1/t15-/m1/s1. The molecular formula is C23H24FN2O2S+. The predicted octanol–water partition coefficient (Wildman–Crippen LogP) is 3.32. The van der Waals surface area contributed by atoms with Gasteiger partial charge in [-0.15, -0.1) is 11.3 Å². The monoisotopic (exact) mass is 411 g/mol. The highest BCUT2D eigenvalue weighted by molar-refractivity contribution is 7.22. The molecule has 1 fully saturated rings. The van der Waals surface area contributed by atoms with E-state index in [9.17, 15) is 14.0 Å². The first kappa shape index (κ1) is 19.7. The van der Waals surface area contributed by atoms with Gasteiger partial charge in [-0.25, -0.2) is 4.39 Å². The topological polar surface area (TPSA) is 50.6 Å². The van der Waals surface area contributed by atoms with Gasteiger partial charge in [0.25, 0.3) is 5.91 Å². The average Bonchev–Trinajstić information content (AvgIpc) is 2.69. The van der Waals surface area contributed by atoms with E-state index >= 15 is 0 Å². The Labute approximate surface area is 173 Å². The molecule has 1 amide bonds. The van der Waals surface area contributed by atoms with Crippen LogP contribution in [0.2, 0.25) is 0 Å². The third-order valence-corrected chi connectivity index (χ3v) is 6.54. The molecule has 0 radical (unpaired) electrons. The first-order valence-electron chi connectivity index (χ1n) is 9.96. The minimum Gasteiger partial charge on any atom is -0.327 e. The Morgan fingerprint density at radius 3 is 2.72 bits per heavy atom. The number of quaternary nitrogens is 1. The van der Waals surface area contributed by atoms with Crippen molar-refractivity contribution in [1.29, 1.82) is 0 Å². The number of likely N-dealkylation sites (tertiary alicyclic amines) is 1. The molecule has 1 aromatic heterocycles. The Hall–Kier alpha value is -2.57. The number of anilines is 1. The fraction of sp³-hybridized carbons (Fsp3) is 0.304. The summed E-state index contributed by atoms with van der Waals surface area (Å²) in [6, 6.07) is 13.2. The SMILES string of the molecule is C[C@@H]1CCC[NH+](CC(=O)Nc2sc3ccccc3c(=O)c2-c2ccc(F)cc2)C1. The van der Waals surface area contributed by atoms with Crippen molar-refractivity contribution < 1.29 is 14.1 Å². The Kier molecular flexibility index (Phi) is 5.74. The summed E-state index contributed by atoms with van der Waals surface area (Å²) in [7, 11) is 0. The van der Waals surface area contributed by atoms with Crippen molar-refractivity contribution in [3.63, 3.8) is 0 Å². The van der Waals surface area contributed by atoms with Gasteiger partial charge in [0.2, 0.25) is 0 Å². The smallest absolute Gasteiger partial charge is 0.280 e. The molecule has 2 atom stereocenters. The molecule has 0 spiro atoms. The Morgan fingerprint density at radius 1 is 1.21 bits per heavy atom. The van der Waals surface area contributed by atoms with Gasteiger partial charge in [-0.1, -0.05) is 31.2 Å². The van der Waals surface area contributed by atoms with Crippen LogP contribution in [0.15, 0.2) is 53.3 Å². The van der Waals surface area contributed by atoms with Crippen LogP contribution < -0.4 is 15.6 Å². The zero-order valence-corrected chi connectivity index (χ0v) is 17.2. The van der Waals surface area contributed by atoms with Crippen LogP contribution in [0, 0.1) is 11.7 Å². The van der Waals surface area contributed by atoms with Crippen molar-refractivity contribution in [2.24, 2.45) is 5.92 Å². The van der Waals surface area contributed by atoms with Gasteiger partial charge in [0.15, 0.2) is 12.0 Å². The fourth-order valence-corrected chi connectivity index (χ4v) is 5.18. The van der Waals surface area contributed by atoms with Crippen LogP contribution in [0.3, 0.4) is 0 Å². The minimum absolute atomic E-state index is 0.0941. The second-order valence-corrected chi connectivity index (χ2v) is 8.87. The second kappa shape index (κ2) is 8.43. The van der Waals surface area contributed by atoms with Crippen molar-refractivity contribution in [1.82, 2.24) is 0 Å². The van der Waals surface area contributed by atoms with E-state index in [1.165, 1.54) is 34.8 Å². The van der Waals surface area contributed by atoms with Crippen LogP contribution in [0.25, 0.3) is 21.2 Å². The number of amides is 1. The summed E-state index contributed by atoms with van der Waals surface area (Å²) in [6.45, 7) is 4.60. The number of carbonyl (C=O) groups is 1. The molecule has 1 aliphatic rings. The zero-order valence-electron chi connectivity index (χ0n) is 16.3. The van der Waals surface area contributed by atoms with Crippen molar-refractivity contribution in [2.75, 3.05) is 25.0 Å². The van der Waals surface area contributed by atoms with E-state index in [2.05, 4.69) is 12.2 Å². The maximum atomic E-state index is 13.4. The van der Waals surface area contributed by atoms with Gasteiger partial charge >= 0.3 is 0 Å². The van der Waals surface area contributed by atoms with E-state index in [0.29, 0.717) is 34.0 Å². The lowest BCUT2D eigenvalue weighted by Crippen LogP contribution is -3.14. The van der Waals surface area contributed by atoms with Crippen molar-refractivity contribution in [3.05, 3.63) is 64.6 Å². The normalized spacial score (nSPS) is 19.2. The van der Waals surface area contributed by atoms with Crippen LogP contribution in [-0.4, -0.2) is 25.5 Å². The third-order valence-electron chi connectivity index (χ3n) is 5.46. The number of hydrogen-bond donors (Lipinski definition) is 2. The summed E-state index contributed by atoms with van der Waals surface area (Å²) in [4.78, 5) is 27.3. The minimum atomic E-state index is -0.362. The van der Waals surface area contributed by atoms with Gasteiger partial charge in [-0.05, 0) is 42.7 Å². The first-order valence-corrected chi connectivity index (χ1v) is 10.8. The third kappa shape index (κ3) is 4.38. The van der Waals surface area contributed by atoms with Gasteiger partial charge in [-0.3, -0.25) is 9.59 Å². The van der Waals surface area contributed by atoms with Gasteiger partial charge in [-0.2, -0.15) is 0 Å². The quantitative estimate of drug-likeness (QED) is 0.692. The highest BCUT2D eigenvalue weighted by atomic mass is 32.1. The second-order valence-electron chi connectivity index (χ2n) is 7.81. The van der Waals surface area contributed by atoms with Crippen LogP contribution in [0.1, 0.15) is 19.8 Å². The van der Waals surface area contributed by atoms with Crippen molar-refractivity contribution >= 4 is 32.3 Å². The summed E-state index contributed by atoms with van der Waals surface area (Å²) in [6.07, 6.45) is 2.35. The van der Waals surface area contributed by atoms with Crippen molar-refractivity contribution in [2.45, 2.75) is 19.8 Å². The lowest BCUT2D eigenvalue weighted by atomic mass is 10.0. The van der Waals surface area contributed by atoms with Gasteiger partial charge < -0.3 is 10.2 Å². The molecule has 4 rings (SSSR count). The number of fused-ring (bicyclic) bond motifs is 1. The number of rotatable bonds is 4. The highest BCUT2D eigenvalue weighted by Gasteiger charge is 2.23. The van der Waals surface area contributed by atoms with Crippen LogP contribution in [-0.2, 0) is 4.79 Å². The number of halogens is 1. The largest absolute Gasteiger partial charge is 0.327 e. The summed E-state index contributed by atoms with van der Waals surface area (Å²) in [5.41, 5.74) is 0.872. The van der Waals surface area contributed by atoms with E-state index < -0.39 is 0 Å². The molecule has 0 saturated carbocycles. The summed E-state index contributed by atoms with van der Waals surface area (Å²) < 4.78 is 14.2. The Balaban J connectivity index is 1.70. The van der Waals surface area contributed by atoms with Gasteiger partial charge in [0.1, 0.15) is 10.8 Å². The fourth-order valence-electron chi connectivity index (χ4n) is 4.06. The lowest BCUT2D eigenvalue weighted by Gasteiger charge is -2.27. The molecule has 1 aliphatic heterocycles. The number of carbonyl (C=O) groups excluding carboxylic acids is 1. The number of piperidine rings is 1. The van der Waals surface area contributed by atoms with Gasteiger partial charge in [0, 0.05) is 16.0 Å². The van der Waals surface area contributed by atoms with Crippen LogP contribution in [0.5, 0.6) is 0 Å². The highest BCUT2D eigenvalue weighted by Crippen LogP contribution is 2.33. The molecule has 2 heterocycles. The molecule has 150 valence electrons. The number of hydrogen-bond acceptors (Lipinski definition) is 3. The van der Waals surface area contributed by atoms with E-state index in [4.69, 9.17) is 0 Å². The van der Waals surface area contributed by atoms with E-state index in [1.54, 1.807) is 18.2 Å². The number of benzene rings is 2. The average molecular weight is 412 g/mol. The molecule has 2 N–H and O–H groups in total. The van der Waals surface area contributed by atoms with Crippen molar-refractivity contribution in [3.8, 4) is 11.1 Å². The Bertz CT molecular complexity index is 1090. The maximum Gasteiger partial charge on any atom is 0.280 e. The molecule has 0 aliphatic carbocycles. The molecule has 3 aromatic rings. The van der Waals surface area contributed by atoms with Crippen LogP contribution >= 0.6 is 11.3 Å². The lowest BCUT2D eigenvalue weighted by molar-refractivity contribution is -0.900. The molecule has 29 heavy (non-hydrogen) atoms. The first-order chi connectivity index (χ1) is 14.0. The molecule has 1 saturated heterocycles. The summed E-state index contributed by atoms with van der Waals surface area (Å²) >= 11 is 1.38. The molecule has 6 heteroatoms. The molecule has 2 aromatic carbocycles.